The third kappa shape index (κ3) is 2.80. The second-order valence-corrected chi connectivity index (χ2v) is 5.18. The molecule has 0 amide bonds. The molecule has 0 aromatic carbocycles. The van der Waals surface area contributed by atoms with E-state index in [2.05, 4.69) is 20.4 Å². The third-order valence-electron chi connectivity index (χ3n) is 3.51. The zero-order valence-corrected chi connectivity index (χ0v) is 11.8. The van der Waals surface area contributed by atoms with E-state index in [1.807, 2.05) is 32.4 Å². The summed E-state index contributed by atoms with van der Waals surface area (Å²) in [5.74, 6) is 0.849. The van der Waals surface area contributed by atoms with Crippen molar-refractivity contribution in [1.29, 1.82) is 0 Å². The van der Waals surface area contributed by atoms with Gasteiger partial charge in [-0.15, -0.1) is 0 Å². The monoisotopic (exact) mass is 273 g/mol. The van der Waals surface area contributed by atoms with Crippen LogP contribution in [0.1, 0.15) is 30.2 Å². The molecule has 0 aliphatic carbocycles. The molecule has 2 atom stereocenters. The predicted molar refractivity (Wildman–Crippen MR) is 75.3 cm³/mol. The summed E-state index contributed by atoms with van der Waals surface area (Å²) in [4.78, 5) is 8.39. The van der Waals surface area contributed by atoms with Crippen LogP contribution in [0.4, 0.5) is 5.82 Å². The fraction of sp³-hybridized carbons (Fsp3) is 0.500. The van der Waals surface area contributed by atoms with Crippen molar-refractivity contribution in [1.82, 2.24) is 19.7 Å². The summed E-state index contributed by atoms with van der Waals surface area (Å²) in [5, 5.41) is 7.70. The molecule has 0 radical (unpaired) electrons. The lowest BCUT2D eigenvalue weighted by molar-refractivity contribution is 0.00551. The Morgan fingerprint density at radius 1 is 1.40 bits per heavy atom. The molecule has 0 saturated carbocycles. The molecule has 6 heteroatoms. The normalized spacial score (nSPS) is 22.7. The topological polar surface area (TPSA) is 64.9 Å². The minimum Gasteiger partial charge on any atom is -0.371 e. The van der Waals surface area contributed by atoms with Crippen molar-refractivity contribution in [2.75, 3.05) is 11.9 Å². The maximum Gasteiger partial charge on any atom is 0.129 e. The number of hydrogen-bond acceptors (Lipinski definition) is 5. The van der Waals surface area contributed by atoms with Crippen molar-refractivity contribution in [2.45, 2.75) is 31.9 Å². The van der Waals surface area contributed by atoms with Crippen molar-refractivity contribution in [3.8, 4) is 0 Å². The highest BCUT2D eigenvalue weighted by Gasteiger charge is 2.28. The van der Waals surface area contributed by atoms with E-state index in [0.717, 1.165) is 36.5 Å². The molecule has 6 nitrogen and oxygen atoms in total. The van der Waals surface area contributed by atoms with Crippen molar-refractivity contribution in [2.24, 2.45) is 7.05 Å². The van der Waals surface area contributed by atoms with Crippen LogP contribution in [-0.4, -0.2) is 32.4 Å². The minimum absolute atomic E-state index is 0.0210. The second kappa shape index (κ2) is 5.58. The highest BCUT2D eigenvalue weighted by molar-refractivity contribution is 5.37. The van der Waals surface area contributed by atoms with Gasteiger partial charge in [0.1, 0.15) is 18.2 Å². The Balaban J connectivity index is 1.79. The van der Waals surface area contributed by atoms with E-state index in [1.165, 1.54) is 0 Å². The molecular formula is C14H19N5O. The summed E-state index contributed by atoms with van der Waals surface area (Å²) in [6.07, 6.45) is 7.60. The Kier molecular flexibility index (Phi) is 3.64. The smallest absolute Gasteiger partial charge is 0.129 e. The Bertz CT molecular complexity index is 582. The van der Waals surface area contributed by atoms with Crippen LogP contribution in [0.5, 0.6) is 0 Å². The number of rotatable bonds is 3. The Morgan fingerprint density at radius 3 is 3.05 bits per heavy atom. The molecule has 1 aliphatic heterocycles. The average molecular weight is 273 g/mol. The third-order valence-corrected chi connectivity index (χ3v) is 3.51. The average Bonchev–Trinajstić information content (AvgIpc) is 2.86. The van der Waals surface area contributed by atoms with Crippen LogP contribution in [0.2, 0.25) is 0 Å². The van der Waals surface area contributed by atoms with Gasteiger partial charge in [-0.3, -0.25) is 4.68 Å². The van der Waals surface area contributed by atoms with Crippen molar-refractivity contribution < 1.29 is 4.74 Å². The number of aryl methyl sites for hydroxylation is 2. The van der Waals surface area contributed by atoms with E-state index in [0.29, 0.717) is 0 Å². The first-order valence-corrected chi connectivity index (χ1v) is 6.88. The standard InChI is InChI=1S/C14H19N5O/c1-10-6-13(16-9-15-10)18-12-4-3-5-20-14(12)11-7-17-19(2)8-11/h6-9,12,14H,3-5H2,1-2H3,(H,15,16,18)/t12-,14+/m0/s1. The van der Waals surface area contributed by atoms with Gasteiger partial charge < -0.3 is 10.1 Å². The quantitative estimate of drug-likeness (QED) is 0.924. The highest BCUT2D eigenvalue weighted by Crippen LogP contribution is 2.30. The number of aromatic nitrogens is 4. The summed E-state index contributed by atoms with van der Waals surface area (Å²) in [5.41, 5.74) is 2.06. The van der Waals surface area contributed by atoms with E-state index >= 15 is 0 Å². The predicted octanol–water partition coefficient (Wildman–Crippen LogP) is 1.85. The fourth-order valence-corrected chi connectivity index (χ4v) is 2.57. The van der Waals surface area contributed by atoms with Crippen LogP contribution >= 0.6 is 0 Å². The van der Waals surface area contributed by atoms with E-state index in [-0.39, 0.29) is 12.1 Å². The van der Waals surface area contributed by atoms with Gasteiger partial charge >= 0.3 is 0 Å². The van der Waals surface area contributed by atoms with Gasteiger partial charge in [0.2, 0.25) is 0 Å². The van der Waals surface area contributed by atoms with Crippen molar-refractivity contribution in [3.05, 3.63) is 36.0 Å². The molecule has 106 valence electrons. The second-order valence-electron chi connectivity index (χ2n) is 5.18. The molecule has 1 aliphatic rings. The largest absolute Gasteiger partial charge is 0.371 e. The molecule has 1 saturated heterocycles. The van der Waals surface area contributed by atoms with Crippen LogP contribution in [0.25, 0.3) is 0 Å². The number of hydrogen-bond donors (Lipinski definition) is 1. The Labute approximate surface area is 118 Å². The van der Waals surface area contributed by atoms with Gasteiger partial charge in [0.15, 0.2) is 0 Å². The van der Waals surface area contributed by atoms with Crippen LogP contribution in [0.15, 0.2) is 24.8 Å². The first-order chi connectivity index (χ1) is 9.72. The Morgan fingerprint density at radius 2 is 2.30 bits per heavy atom. The summed E-state index contributed by atoms with van der Waals surface area (Å²) < 4.78 is 7.74. The van der Waals surface area contributed by atoms with Gasteiger partial charge in [0, 0.05) is 37.2 Å². The maximum absolute atomic E-state index is 5.93. The van der Waals surface area contributed by atoms with Gasteiger partial charge in [-0.25, -0.2) is 9.97 Å². The van der Waals surface area contributed by atoms with Crippen LogP contribution in [0, 0.1) is 6.92 Å². The van der Waals surface area contributed by atoms with Crippen molar-refractivity contribution in [3.63, 3.8) is 0 Å². The van der Waals surface area contributed by atoms with Gasteiger partial charge in [-0.05, 0) is 19.8 Å². The van der Waals surface area contributed by atoms with Gasteiger partial charge in [-0.2, -0.15) is 5.10 Å². The summed E-state index contributed by atoms with van der Waals surface area (Å²) in [6, 6.07) is 2.16. The van der Waals surface area contributed by atoms with E-state index in [1.54, 1.807) is 11.0 Å². The maximum atomic E-state index is 5.93. The van der Waals surface area contributed by atoms with E-state index < -0.39 is 0 Å². The molecule has 2 aromatic heterocycles. The first-order valence-electron chi connectivity index (χ1n) is 6.88. The number of nitrogens with one attached hydrogen (secondary N) is 1. The zero-order chi connectivity index (χ0) is 13.9. The van der Waals surface area contributed by atoms with Crippen LogP contribution in [-0.2, 0) is 11.8 Å². The molecule has 0 bridgehead atoms. The molecule has 20 heavy (non-hydrogen) atoms. The van der Waals surface area contributed by atoms with Gasteiger partial charge in [-0.1, -0.05) is 0 Å². The lowest BCUT2D eigenvalue weighted by atomic mass is 9.98. The molecule has 1 fully saturated rings. The Hall–Kier alpha value is -1.95. The fourth-order valence-electron chi connectivity index (χ4n) is 2.57. The first kappa shape index (κ1) is 13.1. The number of anilines is 1. The summed E-state index contributed by atoms with van der Waals surface area (Å²) >= 11 is 0. The van der Waals surface area contributed by atoms with E-state index in [9.17, 15) is 0 Å². The zero-order valence-electron chi connectivity index (χ0n) is 11.8. The highest BCUT2D eigenvalue weighted by atomic mass is 16.5. The van der Waals surface area contributed by atoms with Gasteiger partial charge in [0.05, 0.1) is 12.2 Å². The molecule has 0 spiro atoms. The molecule has 3 heterocycles. The summed E-state index contributed by atoms with van der Waals surface area (Å²) in [6.45, 7) is 2.75. The molecule has 1 N–H and O–H groups in total. The molecular weight excluding hydrogens is 254 g/mol. The molecule has 2 aromatic rings. The number of nitrogens with zero attached hydrogens (tertiary/aromatic N) is 4. The van der Waals surface area contributed by atoms with Crippen LogP contribution in [0.3, 0.4) is 0 Å². The minimum atomic E-state index is 0.0210. The number of ether oxygens (including phenoxy) is 1. The molecule has 3 rings (SSSR count). The SMILES string of the molecule is Cc1cc(N[C@H]2CCCO[C@@H]2c2cnn(C)c2)ncn1. The molecule has 0 unspecified atom stereocenters. The lowest BCUT2D eigenvalue weighted by Gasteiger charge is -2.32. The van der Waals surface area contributed by atoms with Gasteiger partial charge in [0.25, 0.3) is 0 Å². The summed E-state index contributed by atoms with van der Waals surface area (Å²) in [7, 11) is 1.92. The van der Waals surface area contributed by atoms with Crippen molar-refractivity contribution >= 4 is 5.82 Å². The lowest BCUT2D eigenvalue weighted by Crippen LogP contribution is -2.33. The van der Waals surface area contributed by atoms with E-state index in [4.69, 9.17) is 4.74 Å². The van der Waals surface area contributed by atoms with Crippen LogP contribution < -0.4 is 5.32 Å².